The standard InChI is InChI=1S/C16H24N2O5/c1-3-23-17-15(19)6-8-18(11-13-5-4-9-22-13)16(20)14-7-10-21-12(14)2/h7,10,13H,3-6,8-9,11H2,1-2H3,(H,17,19)/t13-/m0/s1. The van der Waals surface area contributed by atoms with Gasteiger partial charge in [0.2, 0.25) is 5.91 Å². The second kappa shape index (κ2) is 8.69. The molecule has 1 fully saturated rings. The van der Waals surface area contributed by atoms with Gasteiger partial charge in [0.15, 0.2) is 0 Å². The number of carbonyl (C=O) groups is 2. The molecule has 0 aliphatic carbocycles. The number of amides is 2. The zero-order chi connectivity index (χ0) is 16.7. The molecule has 1 aliphatic heterocycles. The van der Waals surface area contributed by atoms with Crippen LogP contribution in [0.15, 0.2) is 16.7 Å². The van der Waals surface area contributed by atoms with Gasteiger partial charge in [0.25, 0.3) is 5.91 Å². The molecule has 0 spiro atoms. The topological polar surface area (TPSA) is 81.0 Å². The minimum absolute atomic E-state index is 0.0288. The lowest BCUT2D eigenvalue weighted by molar-refractivity contribution is -0.133. The lowest BCUT2D eigenvalue weighted by Crippen LogP contribution is -2.40. The molecule has 1 aromatic rings. The van der Waals surface area contributed by atoms with Crippen molar-refractivity contribution in [2.45, 2.75) is 39.2 Å². The first-order chi connectivity index (χ1) is 11.1. The summed E-state index contributed by atoms with van der Waals surface area (Å²) < 4.78 is 10.8. The molecule has 0 unspecified atom stereocenters. The molecule has 0 bridgehead atoms. The third-order valence-electron chi connectivity index (χ3n) is 3.76. The minimum Gasteiger partial charge on any atom is -0.469 e. The molecule has 7 nitrogen and oxygen atoms in total. The third kappa shape index (κ3) is 5.07. The van der Waals surface area contributed by atoms with E-state index in [2.05, 4.69) is 5.48 Å². The molecule has 0 aromatic carbocycles. The Morgan fingerprint density at radius 1 is 1.48 bits per heavy atom. The Kier molecular flexibility index (Phi) is 6.61. The van der Waals surface area contributed by atoms with E-state index in [0.717, 1.165) is 19.4 Å². The number of nitrogens with zero attached hydrogens (tertiary/aromatic N) is 1. The normalized spacial score (nSPS) is 17.2. The summed E-state index contributed by atoms with van der Waals surface area (Å²) in [4.78, 5) is 30.9. The fourth-order valence-electron chi connectivity index (χ4n) is 2.53. The molecular formula is C16H24N2O5. The Hall–Kier alpha value is -1.86. The second-order valence-electron chi connectivity index (χ2n) is 5.48. The summed E-state index contributed by atoms with van der Waals surface area (Å²) in [5, 5.41) is 0. The van der Waals surface area contributed by atoms with Crippen molar-refractivity contribution in [2.24, 2.45) is 0 Å². The summed E-state index contributed by atoms with van der Waals surface area (Å²) in [6.07, 6.45) is 3.63. The van der Waals surface area contributed by atoms with Gasteiger partial charge in [0.1, 0.15) is 5.76 Å². The fourth-order valence-corrected chi connectivity index (χ4v) is 2.53. The highest BCUT2D eigenvalue weighted by molar-refractivity contribution is 5.95. The van der Waals surface area contributed by atoms with Gasteiger partial charge in [0.05, 0.1) is 24.5 Å². The van der Waals surface area contributed by atoms with Crippen molar-refractivity contribution >= 4 is 11.8 Å². The molecule has 0 saturated carbocycles. The van der Waals surface area contributed by atoms with Crippen LogP contribution in [0.4, 0.5) is 0 Å². The van der Waals surface area contributed by atoms with Crippen LogP contribution in [-0.4, -0.2) is 49.1 Å². The van der Waals surface area contributed by atoms with Crippen LogP contribution in [0.25, 0.3) is 0 Å². The number of hydrogen-bond donors (Lipinski definition) is 1. The highest BCUT2D eigenvalue weighted by atomic mass is 16.6. The third-order valence-corrected chi connectivity index (χ3v) is 3.76. The summed E-state index contributed by atoms with van der Waals surface area (Å²) in [6.45, 7) is 5.45. The largest absolute Gasteiger partial charge is 0.469 e. The van der Waals surface area contributed by atoms with Crippen LogP contribution in [0, 0.1) is 6.92 Å². The van der Waals surface area contributed by atoms with Gasteiger partial charge >= 0.3 is 0 Å². The van der Waals surface area contributed by atoms with Crippen molar-refractivity contribution in [3.8, 4) is 0 Å². The minimum atomic E-state index is -0.249. The predicted molar refractivity (Wildman–Crippen MR) is 82.7 cm³/mol. The number of carbonyl (C=O) groups excluding carboxylic acids is 2. The number of nitrogens with one attached hydrogen (secondary N) is 1. The molecule has 0 radical (unpaired) electrons. The number of aryl methyl sites for hydroxylation is 1. The second-order valence-corrected chi connectivity index (χ2v) is 5.48. The molecule has 1 N–H and O–H groups in total. The maximum atomic E-state index is 12.7. The Morgan fingerprint density at radius 2 is 2.30 bits per heavy atom. The highest BCUT2D eigenvalue weighted by Gasteiger charge is 2.25. The van der Waals surface area contributed by atoms with E-state index in [1.54, 1.807) is 24.8 Å². The van der Waals surface area contributed by atoms with Crippen molar-refractivity contribution in [1.29, 1.82) is 0 Å². The van der Waals surface area contributed by atoms with Crippen molar-refractivity contribution in [3.05, 3.63) is 23.7 Å². The summed E-state index contributed by atoms with van der Waals surface area (Å²) in [5.41, 5.74) is 2.86. The molecule has 1 saturated heterocycles. The van der Waals surface area contributed by atoms with E-state index < -0.39 is 0 Å². The van der Waals surface area contributed by atoms with Gasteiger partial charge in [0, 0.05) is 26.1 Å². The van der Waals surface area contributed by atoms with Gasteiger partial charge in [-0.2, -0.15) is 0 Å². The first kappa shape index (κ1) is 17.5. The Morgan fingerprint density at radius 3 is 2.91 bits per heavy atom. The maximum absolute atomic E-state index is 12.7. The predicted octanol–water partition coefficient (Wildman–Crippen LogP) is 1.67. The number of rotatable bonds is 8. The molecule has 7 heteroatoms. The van der Waals surface area contributed by atoms with E-state index in [0.29, 0.717) is 31.0 Å². The maximum Gasteiger partial charge on any atom is 0.257 e. The van der Waals surface area contributed by atoms with Gasteiger partial charge in [-0.05, 0) is 32.8 Å². The molecule has 2 rings (SSSR count). The summed E-state index contributed by atoms with van der Waals surface area (Å²) >= 11 is 0. The van der Waals surface area contributed by atoms with Crippen LogP contribution in [-0.2, 0) is 14.4 Å². The number of hydroxylamine groups is 1. The number of ether oxygens (including phenoxy) is 1. The lowest BCUT2D eigenvalue weighted by Gasteiger charge is -2.25. The first-order valence-corrected chi connectivity index (χ1v) is 7.97. The van der Waals surface area contributed by atoms with Crippen LogP contribution < -0.4 is 5.48 Å². The smallest absolute Gasteiger partial charge is 0.257 e. The Labute approximate surface area is 135 Å². The quantitative estimate of drug-likeness (QED) is 0.736. The van der Waals surface area contributed by atoms with Crippen LogP contribution in [0.2, 0.25) is 0 Å². The number of furan rings is 1. The fraction of sp³-hybridized carbons (Fsp3) is 0.625. The summed E-state index contributed by atoms with van der Waals surface area (Å²) in [6, 6.07) is 1.65. The van der Waals surface area contributed by atoms with Crippen molar-refractivity contribution in [2.75, 3.05) is 26.3 Å². The van der Waals surface area contributed by atoms with Crippen molar-refractivity contribution < 1.29 is 23.6 Å². The van der Waals surface area contributed by atoms with E-state index in [1.165, 1.54) is 6.26 Å². The average molecular weight is 324 g/mol. The van der Waals surface area contributed by atoms with Gasteiger partial charge in [-0.1, -0.05) is 0 Å². The van der Waals surface area contributed by atoms with Gasteiger partial charge in [-0.3, -0.25) is 14.4 Å². The summed E-state index contributed by atoms with van der Waals surface area (Å²) in [7, 11) is 0. The number of hydrogen-bond acceptors (Lipinski definition) is 5. The molecule has 2 heterocycles. The highest BCUT2D eigenvalue weighted by Crippen LogP contribution is 2.17. The van der Waals surface area contributed by atoms with Crippen LogP contribution >= 0.6 is 0 Å². The lowest BCUT2D eigenvalue weighted by atomic mass is 10.1. The zero-order valence-electron chi connectivity index (χ0n) is 13.7. The summed E-state index contributed by atoms with van der Waals surface area (Å²) in [5.74, 6) is 0.183. The van der Waals surface area contributed by atoms with E-state index in [1.807, 2.05) is 0 Å². The average Bonchev–Trinajstić information content (AvgIpc) is 3.20. The van der Waals surface area contributed by atoms with Gasteiger partial charge in [-0.25, -0.2) is 5.48 Å². The van der Waals surface area contributed by atoms with Gasteiger partial charge < -0.3 is 14.1 Å². The van der Waals surface area contributed by atoms with Gasteiger partial charge in [-0.15, -0.1) is 0 Å². The SMILES string of the molecule is CCONC(=O)CCN(C[C@@H]1CCCO1)C(=O)c1ccoc1C. The van der Waals surface area contributed by atoms with Crippen LogP contribution in [0.5, 0.6) is 0 Å². The monoisotopic (exact) mass is 324 g/mol. The molecule has 23 heavy (non-hydrogen) atoms. The van der Waals surface area contributed by atoms with Crippen LogP contribution in [0.3, 0.4) is 0 Å². The molecule has 1 atom stereocenters. The van der Waals surface area contributed by atoms with Crippen molar-refractivity contribution in [3.63, 3.8) is 0 Å². The molecule has 1 aromatic heterocycles. The van der Waals surface area contributed by atoms with E-state index in [-0.39, 0.29) is 24.3 Å². The zero-order valence-corrected chi connectivity index (χ0v) is 13.7. The van der Waals surface area contributed by atoms with Crippen molar-refractivity contribution in [1.82, 2.24) is 10.4 Å². The first-order valence-electron chi connectivity index (χ1n) is 7.97. The van der Waals surface area contributed by atoms with E-state index >= 15 is 0 Å². The molecule has 1 aliphatic rings. The van der Waals surface area contributed by atoms with E-state index in [9.17, 15) is 9.59 Å². The van der Waals surface area contributed by atoms with Crippen LogP contribution in [0.1, 0.15) is 42.3 Å². The molecule has 128 valence electrons. The Bertz CT molecular complexity index is 522. The molecular weight excluding hydrogens is 300 g/mol. The molecule has 2 amide bonds. The van der Waals surface area contributed by atoms with E-state index in [4.69, 9.17) is 14.0 Å². The Balaban J connectivity index is 1.97.